The molecule has 0 aromatic heterocycles. The second kappa shape index (κ2) is 6.77. The lowest BCUT2D eigenvalue weighted by molar-refractivity contribution is 0.190. The molecule has 0 saturated carbocycles. The summed E-state index contributed by atoms with van der Waals surface area (Å²) in [7, 11) is 2.16. The Morgan fingerprint density at radius 3 is 2.06 bits per heavy atom. The number of benzene rings is 1. The third-order valence-electron chi connectivity index (χ3n) is 3.44. The van der Waals surface area contributed by atoms with Crippen LogP contribution >= 0.6 is 0 Å². The first-order valence-corrected chi connectivity index (χ1v) is 6.56. The van der Waals surface area contributed by atoms with Crippen LogP contribution in [0.2, 0.25) is 0 Å². The lowest BCUT2D eigenvalue weighted by Gasteiger charge is -2.30. The van der Waals surface area contributed by atoms with Gasteiger partial charge in [0.1, 0.15) is 0 Å². The van der Waals surface area contributed by atoms with E-state index in [9.17, 15) is 0 Å². The Morgan fingerprint density at radius 1 is 1.12 bits per heavy atom. The summed E-state index contributed by atoms with van der Waals surface area (Å²) in [4.78, 5) is 2.35. The molecule has 0 spiro atoms. The highest BCUT2D eigenvalue weighted by Gasteiger charge is 2.16. The number of nitrogens with zero attached hydrogens (tertiary/aromatic N) is 1. The van der Waals surface area contributed by atoms with Gasteiger partial charge in [0.15, 0.2) is 0 Å². The molecule has 0 radical (unpaired) electrons. The molecule has 1 aromatic carbocycles. The Balaban J connectivity index is 2.63. The lowest BCUT2D eigenvalue weighted by atomic mass is 10.0. The van der Waals surface area contributed by atoms with Crippen LogP contribution < -0.4 is 5.73 Å². The summed E-state index contributed by atoms with van der Waals surface area (Å²) in [5, 5.41) is 0. The smallest absolute Gasteiger partial charge is 0.0241 e. The zero-order valence-corrected chi connectivity index (χ0v) is 11.6. The molecule has 1 atom stereocenters. The minimum absolute atomic E-state index is 0.459. The highest BCUT2D eigenvalue weighted by molar-refractivity contribution is 5.22. The molecule has 1 rings (SSSR count). The van der Waals surface area contributed by atoms with Crippen molar-refractivity contribution < 1.29 is 0 Å². The first-order valence-electron chi connectivity index (χ1n) is 6.56. The maximum atomic E-state index is 5.83. The highest BCUT2D eigenvalue weighted by atomic mass is 15.1. The first-order chi connectivity index (χ1) is 8.08. The summed E-state index contributed by atoms with van der Waals surface area (Å²) < 4.78 is 0. The van der Waals surface area contributed by atoms with Gasteiger partial charge in [0, 0.05) is 19.1 Å². The molecule has 0 fully saturated rings. The van der Waals surface area contributed by atoms with Crippen molar-refractivity contribution in [2.75, 3.05) is 13.6 Å². The SMILES string of the molecule is CCc1ccc(CN(C)C(CN)C(C)C)cc1. The van der Waals surface area contributed by atoms with Gasteiger partial charge in [-0.05, 0) is 30.5 Å². The zero-order valence-electron chi connectivity index (χ0n) is 11.6. The average molecular weight is 234 g/mol. The molecule has 0 bridgehead atoms. The Kier molecular flexibility index (Phi) is 5.66. The first kappa shape index (κ1) is 14.2. The Labute approximate surface area is 106 Å². The number of likely N-dealkylation sites (N-methyl/N-ethyl adjacent to an activating group) is 1. The summed E-state index contributed by atoms with van der Waals surface area (Å²) in [5.41, 5.74) is 8.60. The molecule has 1 aromatic rings. The van der Waals surface area contributed by atoms with Crippen LogP contribution in [-0.2, 0) is 13.0 Å². The minimum Gasteiger partial charge on any atom is -0.329 e. The molecule has 17 heavy (non-hydrogen) atoms. The number of nitrogens with two attached hydrogens (primary N) is 1. The van der Waals surface area contributed by atoms with E-state index in [1.807, 2.05) is 0 Å². The molecule has 2 heteroatoms. The Bertz CT molecular complexity index is 316. The van der Waals surface area contributed by atoms with Crippen molar-refractivity contribution in [1.82, 2.24) is 4.90 Å². The van der Waals surface area contributed by atoms with E-state index in [0.717, 1.165) is 19.5 Å². The summed E-state index contributed by atoms with van der Waals surface area (Å²) in [6.07, 6.45) is 1.10. The topological polar surface area (TPSA) is 29.3 Å². The fourth-order valence-corrected chi connectivity index (χ4v) is 2.25. The van der Waals surface area contributed by atoms with E-state index in [1.54, 1.807) is 0 Å². The lowest BCUT2D eigenvalue weighted by Crippen LogP contribution is -2.41. The average Bonchev–Trinajstić information content (AvgIpc) is 2.30. The molecule has 0 amide bonds. The number of hydrogen-bond donors (Lipinski definition) is 1. The van der Waals surface area contributed by atoms with Gasteiger partial charge in [-0.15, -0.1) is 0 Å². The van der Waals surface area contributed by atoms with Crippen LogP contribution in [0.1, 0.15) is 31.9 Å². The van der Waals surface area contributed by atoms with Gasteiger partial charge in [-0.25, -0.2) is 0 Å². The predicted octanol–water partition coefficient (Wildman–Crippen LogP) is 2.66. The van der Waals surface area contributed by atoms with E-state index in [-0.39, 0.29) is 0 Å². The van der Waals surface area contributed by atoms with E-state index in [4.69, 9.17) is 5.73 Å². The minimum atomic E-state index is 0.459. The van der Waals surface area contributed by atoms with Crippen molar-refractivity contribution in [1.29, 1.82) is 0 Å². The molecule has 0 aliphatic rings. The molecule has 0 aliphatic carbocycles. The number of hydrogen-bond acceptors (Lipinski definition) is 2. The summed E-state index contributed by atoms with van der Waals surface area (Å²) in [6.45, 7) is 8.35. The van der Waals surface area contributed by atoms with E-state index >= 15 is 0 Å². The van der Waals surface area contributed by atoms with Crippen molar-refractivity contribution in [2.24, 2.45) is 11.7 Å². The van der Waals surface area contributed by atoms with E-state index < -0.39 is 0 Å². The standard InChI is InChI=1S/C15H26N2/c1-5-13-6-8-14(9-7-13)11-17(4)15(10-16)12(2)3/h6-9,12,15H,5,10-11,16H2,1-4H3. The summed E-state index contributed by atoms with van der Waals surface area (Å²) >= 11 is 0. The molecule has 0 saturated heterocycles. The van der Waals surface area contributed by atoms with Gasteiger partial charge < -0.3 is 5.73 Å². The quantitative estimate of drug-likeness (QED) is 0.820. The molecule has 96 valence electrons. The van der Waals surface area contributed by atoms with Crippen LogP contribution in [0.4, 0.5) is 0 Å². The largest absolute Gasteiger partial charge is 0.329 e. The Morgan fingerprint density at radius 2 is 1.65 bits per heavy atom. The van der Waals surface area contributed by atoms with Crippen LogP contribution in [0.5, 0.6) is 0 Å². The van der Waals surface area contributed by atoms with Crippen molar-refractivity contribution >= 4 is 0 Å². The molecular formula is C15H26N2. The zero-order chi connectivity index (χ0) is 12.8. The van der Waals surface area contributed by atoms with Crippen LogP contribution in [0, 0.1) is 5.92 Å². The summed E-state index contributed by atoms with van der Waals surface area (Å²) in [6, 6.07) is 9.35. The van der Waals surface area contributed by atoms with Crippen molar-refractivity contribution in [3.63, 3.8) is 0 Å². The highest BCUT2D eigenvalue weighted by Crippen LogP contribution is 2.13. The molecule has 1 unspecified atom stereocenters. The van der Waals surface area contributed by atoms with Crippen LogP contribution in [-0.4, -0.2) is 24.5 Å². The molecular weight excluding hydrogens is 208 g/mol. The maximum absolute atomic E-state index is 5.83. The molecule has 2 nitrogen and oxygen atoms in total. The molecule has 0 heterocycles. The van der Waals surface area contributed by atoms with Crippen molar-refractivity contribution in [2.45, 2.75) is 39.8 Å². The Hall–Kier alpha value is -0.860. The van der Waals surface area contributed by atoms with E-state index in [1.165, 1.54) is 11.1 Å². The molecule has 2 N–H and O–H groups in total. The summed E-state index contributed by atoms with van der Waals surface area (Å²) in [5.74, 6) is 0.597. The van der Waals surface area contributed by atoms with Crippen molar-refractivity contribution in [3.8, 4) is 0 Å². The van der Waals surface area contributed by atoms with Crippen LogP contribution in [0.15, 0.2) is 24.3 Å². The van der Waals surface area contributed by atoms with Gasteiger partial charge in [0.25, 0.3) is 0 Å². The van der Waals surface area contributed by atoms with Gasteiger partial charge in [0.05, 0.1) is 0 Å². The van der Waals surface area contributed by atoms with Gasteiger partial charge in [-0.3, -0.25) is 4.90 Å². The second-order valence-corrected chi connectivity index (χ2v) is 5.13. The van der Waals surface area contributed by atoms with Gasteiger partial charge >= 0.3 is 0 Å². The second-order valence-electron chi connectivity index (χ2n) is 5.13. The van der Waals surface area contributed by atoms with Crippen LogP contribution in [0.3, 0.4) is 0 Å². The van der Waals surface area contributed by atoms with Gasteiger partial charge in [0.2, 0.25) is 0 Å². The van der Waals surface area contributed by atoms with Crippen LogP contribution in [0.25, 0.3) is 0 Å². The van der Waals surface area contributed by atoms with E-state index in [2.05, 4.69) is 57.0 Å². The maximum Gasteiger partial charge on any atom is 0.0241 e. The molecule has 0 aliphatic heterocycles. The number of aryl methyl sites for hydroxylation is 1. The fourth-order valence-electron chi connectivity index (χ4n) is 2.25. The fraction of sp³-hybridized carbons (Fsp3) is 0.600. The number of rotatable bonds is 6. The van der Waals surface area contributed by atoms with Crippen molar-refractivity contribution in [3.05, 3.63) is 35.4 Å². The van der Waals surface area contributed by atoms with Gasteiger partial charge in [-0.2, -0.15) is 0 Å². The van der Waals surface area contributed by atoms with Gasteiger partial charge in [-0.1, -0.05) is 45.0 Å². The van der Waals surface area contributed by atoms with E-state index in [0.29, 0.717) is 12.0 Å². The monoisotopic (exact) mass is 234 g/mol. The normalized spacial score (nSPS) is 13.4. The third-order valence-corrected chi connectivity index (χ3v) is 3.44. The third kappa shape index (κ3) is 4.14. The predicted molar refractivity (Wildman–Crippen MR) is 75.0 cm³/mol.